The molecule has 0 aliphatic rings. The van der Waals surface area contributed by atoms with Crippen molar-refractivity contribution in [1.82, 2.24) is 24.5 Å². The van der Waals surface area contributed by atoms with Gasteiger partial charge in [-0.25, -0.2) is 15.0 Å². The Morgan fingerprint density at radius 2 is 1.46 bits per heavy atom. The van der Waals surface area contributed by atoms with E-state index in [1.807, 2.05) is 34.9 Å². The lowest BCUT2D eigenvalue weighted by molar-refractivity contribution is 0.488. The largest absolute Gasteiger partial charge is 0.369 e. The zero-order valence-corrected chi connectivity index (χ0v) is 24.7. The van der Waals surface area contributed by atoms with Crippen molar-refractivity contribution in [2.24, 2.45) is 5.92 Å². The summed E-state index contributed by atoms with van der Waals surface area (Å²) in [6.07, 6.45) is 1.43. The topological polar surface area (TPSA) is 194 Å². The van der Waals surface area contributed by atoms with Crippen LogP contribution in [0.4, 0.5) is 5.95 Å². The SMILES string of the molecule is CC(C)Cn1c(N)nc2ccc(-c3nc(C(C)(C)C)[nH]c3-c3ccccc3)nc21.CS(=O)(=O)O.CS(=O)(=O)O. The Bertz CT molecular complexity index is 1570. The van der Waals surface area contributed by atoms with Crippen LogP contribution in [0.25, 0.3) is 33.8 Å². The van der Waals surface area contributed by atoms with Crippen molar-refractivity contribution < 1.29 is 25.9 Å². The third kappa shape index (κ3) is 10.4. The van der Waals surface area contributed by atoms with Crippen LogP contribution in [0.15, 0.2) is 42.5 Å². The number of nitrogen functional groups attached to an aromatic ring is 1. The molecule has 3 aromatic heterocycles. The molecule has 5 N–H and O–H groups in total. The predicted octanol–water partition coefficient (Wildman–Crippen LogP) is 4.03. The lowest BCUT2D eigenvalue weighted by atomic mass is 9.96. The molecular formula is C25H36N6O6S2. The van der Waals surface area contributed by atoms with Crippen LogP contribution in [-0.4, -0.2) is 63.0 Å². The lowest BCUT2D eigenvalue weighted by Crippen LogP contribution is -2.13. The monoisotopic (exact) mass is 580 g/mol. The standard InChI is InChI=1S/C23H28N6.2CH4O3S/c1-14(2)13-29-20-17(26-22(29)24)12-11-16(25-20)19-18(15-9-7-6-8-10-15)27-21(28-19)23(3,4)5;2*1-5(2,3)4/h6-12,14H,13H2,1-5H3,(H2,24,26)(H,27,28);2*1H3,(H,2,3,4). The van der Waals surface area contributed by atoms with Crippen LogP contribution in [0.1, 0.15) is 40.4 Å². The van der Waals surface area contributed by atoms with E-state index < -0.39 is 20.2 Å². The van der Waals surface area contributed by atoms with E-state index in [1.54, 1.807) is 0 Å². The minimum atomic E-state index is -3.67. The van der Waals surface area contributed by atoms with E-state index in [0.717, 1.165) is 46.2 Å². The molecule has 0 atom stereocenters. The average Bonchev–Trinajstić information content (AvgIpc) is 3.34. The van der Waals surface area contributed by atoms with Gasteiger partial charge in [0.05, 0.1) is 23.9 Å². The highest BCUT2D eigenvalue weighted by atomic mass is 32.2. The number of hydrogen-bond acceptors (Lipinski definition) is 8. The van der Waals surface area contributed by atoms with E-state index in [9.17, 15) is 16.8 Å². The quantitative estimate of drug-likeness (QED) is 0.256. The van der Waals surface area contributed by atoms with Crippen LogP contribution < -0.4 is 5.73 Å². The van der Waals surface area contributed by atoms with Crippen LogP contribution in [0.2, 0.25) is 0 Å². The first-order valence-corrected chi connectivity index (χ1v) is 15.6. The highest BCUT2D eigenvalue weighted by molar-refractivity contribution is 7.85. The Morgan fingerprint density at radius 3 is 1.95 bits per heavy atom. The molecule has 0 aliphatic carbocycles. The number of anilines is 1. The van der Waals surface area contributed by atoms with Crippen molar-refractivity contribution in [1.29, 1.82) is 0 Å². The number of hydrogen-bond donors (Lipinski definition) is 4. The molecule has 0 saturated carbocycles. The molecule has 0 spiro atoms. The third-order valence-corrected chi connectivity index (χ3v) is 4.89. The number of H-pyrrole nitrogens is 1. The Hall–Kier alpha value is -3.33. The van der Waals surface area contributed by atoms with Crippen molar-refractivity contribution in [3.63, 3.8) is 0 Å². The van der Waals surface area contributed by atoms with E-state index in [0.29, 0.717) is 24.4 Å². The zero-order valence-electron chi connectivity index (χ0n) is 23.0. The summed E-state index contributed by atoms with van der Waals surface area (Å²) in [5.74, 6) is 1.88. The van der Waals surface area contributed by atoms with Gasteiger partial charge in [0, 0.05) is 17.5 Å². The molecule has 0 bridgehead atoms. The van der Waals surface area contributed by atoms with Gasteiger partial charge in [0.1, 0.15) is 17.0 Å². The molecule has 0 radical (unpaired) electrons. The van der Waals surface area contributed by atoms with Crippen molar-refractivity contribution >= 4 is 37.3 Å². The summed E-state index contributed by atoms with van der Waals surface area (Å²) in [6, 6.07) is 14.2. The third-order valence-electron chi connectivity index (χ3n) is 4.89. The molecule has 4 rings (SSSR count). The van der Waals surface area contributed by atoms with Crippen molar-refractivity contribution in [2.45, 2.75) is 46.6 Å². The van der Waals surface area contributed by atoms with Crippen molar-refractivity contribution in [3.05, 3.63) is 48.3 Å². The highest BCUT2D eigenvalue weighted by Crippen LogP contribution is 2.33. The van der Waals surface area contributed by atoms with Gasteiger partial charge in [-0.2, -0.15) is 16.8 Å². The van der Waals surface area contributed by atoms with E-state index in [2.05, 4.69) is 56.7 Å². The number of nitrogens with zero attached hydrogens (tertiary/aromatic N) is 4. The molecule has 0 amide bonds. The Morgan fingerprint density at radius 1 is 0.923 bits per heavy atom. The lowest BCUT2D eigenvalue weighted by Gasteiger charge is -2.14. The smallest absolute Gasteiger partial charge is 0.261 e. The summed E-state index contributed by atoms with van der Waals surface area (Å²) in [6.45, 7) is 11.5. The fourth-order valence-electron chi connectivity index (χ4n) is 3.42. The normalized spacial score (nSPS) is 12.1. The molecule has 214 valence electrons. The number of nitrogens with two attached hydrogens (primary N) is 1. The molecule has 3 heterocycles. The van der Waals surface area contributed by atoms with E-state index >= 15 is 0 Å². The first-order chi connectivity index (χ1) is 17.7. The second-order valence-electron chi connectivity index (χ2n) is 10.4. The maximum Gasteiger partial charge on any atom is 0.261 e. The number of pyridine rings is 1. The molecule has 0 fully saturated rings. The summed E-state index contributed by atoms with van der Waals surface area (Å²) in [7, 11) is -7.33. The van der Waals surface area contributed by atoms with E-state index in [1.165, 1.54) is 0 Å². The number of nitrogens with one attached hydrogen (secondary N) is 1. The van der Waals surface area contributed by atoms with E-state index in [-0.39, 0.29) is 5.41 Å². The summed E-state index contributed by atoms with van der Waals surface area (Å²) < 4.78 is 53.7. The molecule has 12 nitrogen and oxygen atoms in total. The fraction of sp³-hybridized carbons (Fsp3) is 0.400. The molecule has 0 saturated heterocycles. The molecule has 4 aromatic rings. The van der Waals surface area contributed by atoms with Gasteiger partial charge in [-0.05, 0) is 18.1 Å². The minimum Gasteiger partial charge on any atom is -0.369 e. The maximum atomic E-state index is 9.19. The number of rotatable bonds is 4. The van der Waals surface area contributed by atoms with Gasteiger partial charge in [-0.15, -0.1) is 0 Å². The predicted molar refractivity (Wildman–Crippen MR) is 153 cm³/mol. The fourth-order valence-corrected chi connectivity index (χ4v) is 3.42. The van der Waals surface area contributed by atoms with Gasteiger partial charge in [-0.1, -0.05) is 65.0 Å². The summed E-state index contributed by atoms with van der Waals surface area (Å²) in [5, 5.41) is 0. The van der Waals surface area contributed by atoms with Crippen LogP contribution >= 0.6 is 0 Å². The van der Waals surface area contributed by atoms with Gasteiger partial charge in [0.15, 0.2) is 5.65 Å². The van der Waals surface area contributed by atoms with Crippen LogP contribution in [0, 0.1) is 5.92 Å². The van der Waals surface area contributed by atoms with E-state index in [4.69, 9.17) is 24.8 Å². The molecule has 14 heteroatoms. The Labute approximate surface area is 229 Å². The summed E-state index contributed by atoms with van der Waals surface area (Å²) in [4.78, 5) is 17.9. The van der Waals surface area contributed by atoms with Crippen LogP contribution in [-0.2, 0) is 32.2 Å². The molecule has 0 unspecified atom stereocenters. The number of aromatic nitrogens is 5. The van der Waals surface area contributed by atoms with Crippen LogP contribution in [0.5, 0.6) is 0 Å². The first-order valence-electron chi connectivity index (χ1n) is 11.9. The highest BCUT2D eigenvalue weighted by Gasteiger charge is 2.23. The van der Waals surface area contributed by atoms with Crippen molar-refractivity contribution in [2.75, 3.05) is 18.2 Å². The Kier molecular flexibility index (Phi) is 10.0. The van der Waals surface area contributed by atoms with Gasteiger partial charge in [0.25, 0.3) is 20.2 Å². The zero-order chi connectivity index (χ0) is 29.8. The number of fused-ring (bicyclic) bond motifs is 1. The minimum absolute atomic E-state index is 0.101. The van der Waals surface area contributed by atoms with Crippen molar-refractivity contribution in [3.8, 4) is 22.6 Å². The second-order valence-corrected chi connectivity index (χ2v) is 13.3. The van der Waals surface area contributed by atoms with Gasteiger partial charge >= 0.3 is 0 Å². The van der Waals surface area contributed by atoms with Gasteiger partial charge in [0.2, 0.25) is 5.95 Å². The van der Waals surface area contributed by atoms with Gasteiger partial charge in [-0.3, -0.25) is 13.7 Å². The number of imidazole rings is 2. The molecule has 39 heavy (non-hydrogen) atoms. The maximum absolute atomic E-state index is 9.19. The van der Waals surface area contributed by atoms with Crippen LogP contribution in [0.3, 0.4) is 0 Å². The molecule has 0 aliphatic heterocycles. The Balaban J connectivity index is 0.000000458. The molecular weight excluding hydrogens is 544 g/mol. The summed E-state index contributed by atoms with van der Waals surface area (Å²) >= 11 is 0. The summed E-state index contributed by atoms with van der Waals surface area (Å²) in [5.41, 5.74) is 11.4. The van der Waals surface area contributed by atoms with Gasteiger partial charge < -0.3 is 10.7 Å². The first kappa shape index (κ1) is 31.9. The number of benzene rings is 1. The second kappa shape index (κ2) is 12.2. The average molecular weight is 581 g/mol. The number of aromatic amines is 1. The molecule has 1 aromatic carbocycles.